The molecule has 1 N–H and O–H groups in total. The van der Waals surface area contributed by atoms with Gasteiger partial charge in [0.15, 0.2) is 20.4 Å². The Hall–Kier alpha value is -1.00. The van der Waals surface area contributed by atoms with Gasteiger partial charge in [-0.05, 0) is 49.7 Å². The molecule has 2 aliphatic heterocycles. The van der Waals surface area contributed by atoms with Crippen LogP contribution in [0.1, 0.15) is 40.2 Å². The average molecular weight is 455 g/mol. The van der Waals surface area contributed by atoms with Crippen molar-refractivity contribution >= 4 is 8.32 Å². The number of rotatable bonds is 8. The molecule has 7 nitrogen and oxygen atoms in total. The maximum atomic E-state index is 10.9. The molecule has 2 saturated heterocycles. The van der Waals surface area contributed by atoms with Gasteiger partial charge in [0.1, 0.15) is 30.2 Å². The van der Waals surface area contributed by atoms with Crippen molar-refractivity contribution in [2.75, 3.05) is 13.7 Å². The smallest absolute Gasteiger partial charge is 0.192 e. The molecule has 0 amide bonds. The molecular weight excluding hydrogens is 416 g/mol. The molecule has 0 bridgehead atoms. The molecule has 1 aromatic rings. The van der Waals surface area contributed by atoms with Crippen molar-refractivity contribution < 1.29 is 33.2 Å². The summed E-state index contributed by atoms with van der Waals surface area (Å²) in [7, 11) is -0.357. The molecule has 5 atom stereocenters. The third-order valence-electron chi connectivity index (χ3n) is 6.42. The fourth-order valence-corrected chi connectivity index (χ4v) is 4.56. The average Bonchev–Trinajstić information content (AvgIpc) is 3.17. The first-order valence-electron chi connectivity index (χ1n) is 10.9. The molecule has 176 valence electrons. The van der Waals surface area contributed by atoms with Crippen molar-refractivity contribution in [2.45, 2.75) is 95.9 Å². The quantitative estimate of drug-likeness (QED) is 0.598. The first kappa shape index (κ1) is 24.6. The largest absolute Gasteiger partial charge is 0.497 e. The third-order valence-corrected chi connectivity index (χ3v) is 10.9. The van der Waals surface area contributed by atoms with Gasteiger partial charge in [0.05, 0.1) is 20.3 Å². The van der Waals surface area contributed by atoms with E-state index >= 15 is 0 Å². The summed E-state index contributed by atoms with van der Waals surface area (Å²) < 4.78 is 35.7. The zero-order chi connectivity index (χ0) is 23.0. The van der Waals surface area contributed by atoms with E-state index in [9.17, 15) is 5.11 Å². The van der Waals surface area contributed by atoms with Crippen LogP contribution in [0, 0.1) is 0 Å². The van der Waals surface area contributed by atoms with Crippen LogP contribution in [0.3, 0.4) is 0 Å². The lowest BCUT2D eigenvalue weighted by Crippen LogP contribution is -2.46. The van der Waals surface area contributed by atoms with Crippen molar-refractivity contribution in [1.29, 1.82) is 0 Å². The third kappa shape index (κ3) is 5.68. The van der Waals surface area contributed by atoms with Gasteiger partial charge in [-0.15, -0.1) is 0 Å². The van der Waals surface area contributed by atoms with Crippen molar-refractivity contribution in [2.24, 2.45) is 0 Å². The highest BCUT2D eigenvalue weighted by Crippen LogP contribution is 2.41. The minimum atomic E-state index is -1.99. The summed E-state index contributed by atoms with van der Waals surface area (Å²) in [6.07, 6.45) is -2.90. The minimum Gasteiger partial charge on any atom is -0.497 e. The van der Waals surface area contributed by atoms with Crippen LogP contribution in [0.25, 0.3) is 0 Å². The molecular formula is C23H38O7Si. The molecule has 2 aliphatic rings. The predicted octanol–water partition coefficient (Wildman–Crippen LogP) is 3.84. The number of ether oxygens (including phenoxy) is 5. The molecule has 0 radical (unpaired) electrons. The number of benzene rings is 1. The maximum absolute atomic E-state index is 10.9. The van der Waals surface area contributed by atoms with E-state index in [-0.39, 0.29) is 11.6 Å². The van der Waals surface area contributed by atoms with E-state index < -0.39 is 44.8 Å². The van der Waals surface area contributed by atoms with Crippen LogP contribution >= 0.6 is 0 Å². The van der Waals surface area contributed by atoms with Crippen molar-refractivity contribution in [3.8, 4) is 5.75 Å². The maximum Gasteiger partial charge on any atom is 0.192 e. The Bertz CT molecular complexity index is 728. The molecule has 3 rings (SSSR count). The van der Waals surface area contributed by atoms with Crippen LogP contribution in [-0.2, 0) is 30.0 Å². The topological polar surface area (TPSA) is 75.6 Å². The highest BCUT2D eigenvalue weighted by atomic mass is 28.4. The monoisotopic (exact) mass is 454 g/mol. The molecule has 1 aromatic carbocycles. The number of hydrogen-bond acceptors (Lipinski definition) is 7. The summed E-state index contributed by atoms with van der Waals surface area (Å²) in [5, 5.41) is 11.0. The molecule has 0 aromatic heterocycles. The van der Waals surface area contributed by atoms with E-state index in [0.717, 1.165) is 11.3 Å². The number of methoxy groups -OCH3 is 1. The summed E-state index contributed by atoms with van der Waals surface area (Å²) in [5.41, 5.74) is 0.990. The number of aliphatic hydroxyl groups excluding tert-OH is 1. The first-order valence-corrected chi connectivity index (χ1v) is 13.8. The second kappa shape index (κ2) is 9.09. The van der Waals surface area contributed by atoms with Crippen LogP contribution in [0.15, 0.2) is 24.3 Å². The van der Waals surface area contributed by atoms with E-state index in [1.54, 1.807) is 7.11 Å². The molecule has 2 heterocycles. The van der Waals surface area contributed by atoms with Crippen molar-refractivity contribution in [3.05, 3.63) is 29.8 Å². The summed E-state index contributed by atoms with van der Waals surface area (Å²) in [6.45, 7) is 15.1. The van der Waals surface area contributed by atoms with E-state index in [1.807, 2.05) is 38.1 Å². The van der Waals surface area contributed by atoms with E-state index in [0.29, 0.717) is 6.61 Å². The molecule has 1 unspecified atom stereocenters. The lowest BCUT2D eigenvalue weighted by Gasteiger charge is -2.37. The molecule has 8 heteroatoms. The zero-order valence-electron chi connectivity index (χ0n) is 20.0. The van der Waals surface area contributed by atoms with Crippen LogP contribution in [-0.4, -0.2) is 63.6 Å². The Morgan fingerprint density at radius 1 is 1.10 bits per heavy atom. The van der Waals surface area contributed by atoms with Gasteiger partial charge in [0, 0.05) is 0 Å². The SMILES string of the molecule is COc1ccc(CO[C@H]2O[C@H](C(O)CO[Si](C)(C)C(C)(C)C)[C@@H]3OC(C)(C)O[C@H]23)cc1. The summed E-state index contributed by atoms with van der Waals surface area (Å²) in [4.78, 5) is 0. The Kier molecular flexibility index (Phi) is 7.23. The normalized spacial score (nSPS) is 29.1. The number of fused-ring (bicyclic) bond motifs is 1. The van der Waals surface area contributed by atoms with Crippen LogP contribution in [0.4, 0.5) is 0 Å². The van der Waals surface area contributed by atoms with Gasteiger partial charge in [-0.1, -0.05) is 32.9 Å². The zero-order valence-corrected chi connectivity index (χ0v) is 21.0. The minimum absolute atomic E-state index is 0.0603. The summed E-state index contributed by atoms with van der Waals surface area (Å²) in [5.74, 6) is 0.0270. The lowest BCUT2D eigenvalue weighted by atomic mass is 10.1. The van der Waals surface area contributed by atoms with Gasteiger partial charge in [0.2, 0.25) is 0 Å². The first-order chi connectivity index (χ1) is 14.3. The summed E-state index contributed by atoms with van der Waals surface area (Å²) >= 11 is 0. The van der Waals surface area contributed by atoms with Gasteiger partial charge in [0.25, 0.3) is 0 Å². The standard InChI is InChI=1S/C23H38O7Si/c1-22(2,3)31(7,8)27-14-17(24)18-19-20(30-23(4,5)29-19)21(28-18)26-13-15-9-11-16(25-6)12-10-15/h9-12,17-21,24H,13-14H2,1-8H3/t17?,18-,19+,20+,21+/m1/s1. The second-order valence-electron chi connectivity index (χ2n) is 10.3. The Labute approximate surface area is 187 Å². The molecule has 31 heavy (non-hydrogen) atoms. The highest BCUT2D eigenvalue weighted by molar-refractivity contribution is 6.74. The summed E-state index contributed by atoms with van der Waals surface area (Å²) in [6, 6.07) is 7.67. The lowest BCUT2D eigenvalue weighted by molar-refractivity contribution is -0.247. The van der Waals surface area contributed by atoms with Gasteiger partial charge >= 0.3 is 0 Å². The van der Waals surface area contributed by atoms with Crippen molar-refractivity contribution in [3.63, 3.8) is 0 Å². The molecule has 2 fully saturated rings. The van der Waals surface area contributed by atoms with Gasteiger partial charge < -0.3 is 33.2 Å². The number of aliphatic hydroxyl groups is 1. The Morgan fingerprint density at radius 3 is 2.29 bits per heavy atom. The predicted molar refractivity (Wildman–Crippen MR) is 119 cm³/mol. The fourth-order valence-electron chi connectivity index (χ4n) is 3.54. The van der Waals surface area contributed by atoms with Gasteiger partial charge in [-0.3, -0.25) is 0 Å². The van der Waals surface area contributed by atoms with Gasteiger partial charge in [-0.2, -0.15) is 0 Å². The second-order valence-corrected chi connectivity index (χ2v) is 15.1. The Morgan fingerprint density at radius 2 is 1.71 bits per heavy atom. The highest BCUT2D eigenvalue weighted by Gasteiger charge is 2.57. The fraction of sp³-hybridized carbons (Fsp3) is 0.739. The van der Waals surface area contributed by atoms with Gasteiger partial charge in [-0.25, -0.2) is 0 Å². The molecule has 0 spiro atoms. The Balaban J connectivity index is 1.64. The number of hydrogen-bond donors (Lipinski definition) is 1. The van der Waals surface area contributed by atoms with Crippen LogP contribution < -0.4 is 4.74 Å². The van der Waals surface area contributed by atoms with Crippen LogP contribution in [0.5, 0.6) is 5.75 Å². The van der Waals surface area contributed by atoms with Crippen molar-refractivity contribution in [1.82, 2.24) is 0 Å². The van der Waals surface area contributed by atoms with E-state index in [4.69, 9.17) is 28.1 Å². The molecule has 0 saturated carbocycles. The van der Waals surface area contributed by atoms with Crippen LogP contribution in [0.2, 0.25) is 18.1 Å². The van der Waals surface area contributed by atoms with E-state index in [1.165, 1.54) is 0 Å². The molecule has 0 aliphatic carbocycles. The van der Waals surface area contributed by atoms with E-state index in [2.05, 4.69) is 33.9 Å².